The van der Waals surface area contributed by atoms with E-state index in [0.717, 1.165) is 6.42 Å². The Hall–Kier alpha value is -3.90. The largest absolute Gasteiger partial charge is 0.0704 e. The lowest BCUT2D eigenvalue weighted by Crippen LogP contribution is -2.32. The highest BCUT2D eigenvalue weighted by Crippen LogP contribution is 2.50. The van der Waals surface area contributed by atoms with Gasteiger partial charge in [-0.3, -0.25) is 0 Å². The normalized spacial score (nSPS) is 12.2. The van der Waals surface area contributed by atoms with Gasteiger partial charge < -0.3 is 0 Å². The summed E-state index contributed by atoms with van der Waals surface area (Å²) in [5.74, 6) is 0. The van der Waals surface area contributed by atoms with Gasteiger partial charge in [-0.1, -0.05) is 133 Å². The summed E-state index contributed by atoms with van der Waals surface area (Å²) in [6.45, 7) is 0. The fourth-order valence-corrected chi connectivity index (χ4v) is 5.54. The summed E-state index contributed by atoms with van der Waals surface area (Å²) in [5.41, 5.74) is 10.4. The maximum absolute atomic E-state index is 2.34. The average Bonchev–Trinajstić information content (AvgIpc) is 3.26. The first kappa shape index (κ1) is 18.8. The molecule has 0 bridgehead atoms. The number of hydrogen-bond donors (Lipinski definition) is 0. The van der Waals surface area contributed by atoms with Gasteiger partial charge in [0.1, 0.15) is 0 Å². The van der Waals surface area contributed by atoms with E-state index in [0.29, 0.717) is 0 Å². The van der Waals surface area contributed by atoms with E-state index in [1.165, 1.54) is 44.5 Å². The minimum Gasteiger partial charge on any atom is -0.0622 e. The van der Waals surface area contributed by atoms with E-state index < -0.39 is 5.41 Å². The lowest BCUT2D eigenvalue weighted by Gasteiger charge is -2.38. The summed E-state index contributed by atoms with van der Waals surface area (Å²) in [6.07, 6.45) is 0.968. The fraction of sp³-hybridized carbons (Fsp3) is 0.0625. The average molecular weight is 409 g/mol. The predicted molar refractivity (Wildman–Crippen MR) is 133 cm³/mol. The summed E-state index contributed by atoms with van der Waals surface area (Å²) in [7, 11) is 0. The van der Waals surface area contributed by atoms with Gasteiger partial charge in [0, 0.05) is 0 Å². The molecule has 0 aromatic heterocycles. The first-order valence-electron chi connectivity index (χ1n) is 11.3. The highest BCUT2D eigenvalue weighted by molar-refractivity contribution is 5.80. The summed E-state index contributed by atoms with van der Waals surface area (Å²) >= 11 is 0. The Balaban J connectivity index is 1.74. The number of benzene rings is 5. The maximum Gasteiger partial charge on any atom is 0.0704 e. The van der Waals surface area contributed by atoms with Gasteiger partial charge in [0.15, 0.2) is 0 Å². The highest BCUT2D eigenvalue weighted by atomic mass is 14.4. The Bertz CT molecular complexity index is 1270. The molecule has 0 heterocycles. The van der Waals surface area contributed by atoms with E-state index in [2.05, 4.69) is 133 Å². The maximum atomic E-state index is 2.34. The summed E-state index contributed by atoms with van der Waals surface area (Å²) < 4.78 is 0. The van der Waals surface area contributed by atoms with Gasteiger partial charge >= 0.3 is 0 Å². The van der Waals surface area contributed by atoms with Crippen LogP contribution in [-0.2, 0) is 11.8 Å². The Morgan fingerprint density at radius 1 is 0.406 bits per heavy atom. The third-order valence-electron chi connectivity index (χ3n) is 6.88. The molecule has 0 atom stereocenters. The molecule has 0 unspecified atom stereocenters. The lowest BCUT2D eigenvalue weighted by molar-refractivity contribution is 0.736. The molecule has 0 nitrogen and oxygen atoms in total. The minimum atomic E-state index is -0.392. The molecule has 0 spiro atoms. The van der Waals surface area contributed by atoms with Gasteiger partial charge in [0.2, 0.25) is 0 Å². The first-order valence-corrected chi connectivity index (χ1v) is 11.3. The fourth-order valence-electron chi connectivity index (χ4n) is 5.54. The van der Waals surface area contributed by atoms with Crippen LogP contribution in [0, 0.1) is 0 Å². The molecule has 1 aliphatic rings. The predicted octanol–water partition coefficient (Wildman–Crippen LogP) is 7.64. The van der Waals surface area contributed by atoms with Crippen LogP contribution >= 0.6 is 0 Å². The molecule has 0 saturated carbocycles. The third kappa shape index (κ3) is 2.77. The van der Waals surface area contributed by atoms with Crippen LogP contribution in [0.3, 0.4) is 0 Å². The minimum absolute atomic E-state index is 0.392. The van der Waals surface area contributed by atoms with Gasteiger partial charge in [0.05, 0.1) is 5.41 Å². The molecule has 0 N–H and O–H groups in total. The van der Waals surface area contributed by atoms with Crippen molar-refractivity contribution in [1.82, 2.24) is 0 Å². The van der Waals surface area contributed by atoms with Crippen molar-refractivity contribution in [2.24, 2.45) is 0 Å². The van der Waals surface area contributed by atoms with E-state index in [-0.39, 0.29) is 0 Å². The molecular formula is C32H24. The van der Waals surface area contributed by atoms with Gasteiger partial charge in [0.25, 0.3) is 0 Å². The first-order chi connectivity index (χ1) is 15.9. The standard InChI is InChI=1S/C32H24/c1-4-14-25(15-5-1)32(26-16-6-2-7-17-26,27-18-8-3-9-19-27)31-22-12-21-29-28-20-11-10-13-24(28)23-30(29)31/h1-22H,23H2. The molecule has 0 amide bonds. The van der Waals surface area contributed by atoms with Gasteiger partial charge in [-0.25, -0.2) is 0 Å². The smallest absolute Gasteiger partial charge is 0.0622 e. The van der Waals surface area contributed by atoms with E-state index in [1.807, 2.05) is 0 Å². The Morgan fingerprint density at radius 3 is 1.44 bits per heavy atom. The van der Waals surface area contributed by atoms with Crippen LogP contribution in [0.1, 0.15) is 33.4 Å². The Kier molecular flexibility index (Phi) is 4.51. The molecule has 5 aromatic carbocycles. The third-order valence-corrected chi connectivity index (χ3v) is 6.88. The SMILES string of the molecule is c1ccc(C(c2ccccc2)(c2ccccc2)c2cccc3c2Cc2ccccc2-3)cc1. The Morgan fingerprint density at radius 2 is 0.875 bits per heavy atom. The molecule has 0 saturated heterocycles. The van der Waals surface area contributed by atoms with Crippen LogP contribution in [0.4, 0.5) is 0 Å². The van der Waals surface area contributed by atoms with Crippen LogP contribution in [0.2, 0.25) is 0 Å². The molecule has 0 aliphatic heterocycles. The van der Waals surface area contributed by atoms with Crippen molar-refractivity contribution in [3.05, 3.63) is 167 Å². The molecule has 0 fully saturated rings. The molecule has 6 rings (SSSR count). The summed E-state index contributed by atoms with van der Waals surface area (Å²) in [5, 5.41) is 0. The monoisotopic (exact) mass is 408 g/mol. The van der Waals surface area contributed by atoms with Gasteiger partial charge in [-0.15, -0.1) is 0 Å². The molecule has 0 heteroatoms. The summed E-state index contributed by atoms with van der Waals surface area (Å²) in [6, 6.07) is 48.7. The van der Waals surface area contributed by atoms with E-state index >= 15 is 0 Å². The molecule has 1 aliphatic carbocycles. The zero-order valence-electron chi connectivity index (χ0n) is 17.9. The van der Waals surface area contributed by atoms with Crippen molar-refractivity contribution in [2.45, 2.75) is 11.8 Å². The van der Waals surface area contributed by atoms with Crippen molar-refractivity contribution in [2.75, 3.05) is 0 Å². The number of fused-ring (bicyclic) bond motifs is 3. The second-order valence-electron chi connectivity index (χ2n) is 8.51. The van der Waals surface area contributed by atoms with Crippen LogP contribution in [0.5, 0.6) is 0 Å². The van der Waals surface area contributed by atoms with Crippen molar-refractivity contribution >= 4 is 0 Å². The van der Waals surface area contributed by atoms with E-state index in [9.17, 15) is 0 Å². The van der Waals surface area contributed by atoms with Crippen LogP contribution < -0.4 is 0 Å². The van der Waals surface area contributed by atoms with E-state index in [1.54, 1.807) is 0 Å². The van der Waals surface area contributed by atoms with Crippen molar-refractivity contribution in [3.63, 3.8) is 0 Å². The van der Waals surface area contributed by atoms with Crippen LogP contribution in [-0.4, -0.2) is 0 Å². The van der Waals surface area contributed by atoms with Gasteiger partial charge in [-0.05, 0) is 50.9 Å². The Labute approximate surface area is 189 Å². The molecule has 152 valence electrons. The lowest BCUT2D eigenvalue weighted by atomic mass is 9.63. The van der Waals surface area contributed by atoms with Crippen LogP contribution in [0.15, 0.2) is 133 Å². The topological polar surface area (TPSA) is 0 Å². The molecule has 32 heavy (non-hydrogen) atoms. The van der Waals surface area contributed by atoms with Gasteiger partial charge in [-0.2, -0.15) is 0 Å². The highest BCUT2D eigenvalue weighted by Gasteiger charge is 2.41. The second-order valence-corrected chi connectivity index (χ2v) is 8.51. The summed E-state index contributed by atoms with van der Waals surface area (Å²) in [4.78, 5) is 0. The van der Waals surface area contributed by atoms with Crippen molar-refractivity contribution in [3.8, 4) is 11.1 Å². The number of hydrogen-bond acceptors (Lipinski definition) is 0. The van der Waals surface area contributed by atoms with Crippen molar-refractivity contribution < 1.29 is 0 Å². The second kappa shape index (κ2) is 7.66. The van der Waals surface area contributed by atoms with E-state index in [4.69, 9.17) is 0 Å². The molecule has 5 aromatic rings. The zero-order valence-corrected chi connectivity index (χ0v) is 17.9. The zero-order chi connectivity index (χ0) is 21.4. The number of rotatable bonds is 4. The molecular weight excluding hydrogens is 384 g/mol. The van der Waals surface area contributed by atoms with Crippen molar-refractivity contribution in [1.29, 1.82) is 0 Å². The molecule has 0 radical (unpaired) electrons. The van der Waals surface area contributed by atoms with Crippen LogP contribution in [0.25, 0.3) is 11.1 Å². The quantitative estimate of drug-likeness (QED) is 0.263.